The number of methoxy groups -OCH3 is 2. The lowest BCUT2D eigenvalue weighted by atomic mass is 10.0. The first-order valence-corrected chi connectivity index (χ1v) is 9.50. The third kappa shape index (κ3) is 4.10. The smallest absolute Gasteiger partial charge is 0.227 e. The second kappa shape index (κ2) is 8.65. The van der Waals surface area contributed by atoms with Crippen LogP contribution in [0.15, 0.2) is 65.2 Å². The number of amides is 1. The van der Waals surface area contributed by atoms with E-state index in [1.54, 1.807) is 25.3 Å². The van der Waals surface area contributed by atoms with Crippen LogP contribution in [0.5, 0.6) is 11.5 Å². The largest absolute Gasteiger partial charge is 0.497 e. The molecule has 7 heteroatoms. The number of nitrogens with one attached hydrogen (secondary N) is 1. The minimum absolute atomic E-state index is 0.177. The number of aryl methyl sites for hydroxylation is 1. The van der Waals surface area contributed by atoms with Crippen molar-refractivity contribution in [2.75, 3.05) is 19.5 Å². The first-order chi connectivity index (χ1) is 14.7. The second-order valence-electron chi connectivity index (χ2n) is 6.65. The van der Waals surface area contributed by atoms with Gasteiger partial charge in [0.05, 0.1) is 19.9 Å². The van der Waals surface area contributed by atoms with Crippen molar-refractivity contribution in [2.45, 2.75) is 12.8 Å². The maximum Gasteiger partial charge on any atom is 0.227 e. The van der Waals surface area contributed by atoms with Gasteiger partial charge in [-0.15, -0.1) is 0 Å². The van der Waals surface area contributed by atoms with Gasteiger partial charge < -0.3 is 19.3 Å². The van der Waals surface area contributed by atoms with Crippen molar-refractivity contribution in [3.63, 3.8) is 0 Å². The average Bonchev–Trinajstić information content (AvgIpc) is 3.26. The molecule has 7 nitrogen and oxygen atoms in total. The molecule has 0 aliphatic carbocycles. The highest BCUT2D eigenvalue weighted by Crippen LogP contribution is 2.29. The molecule has 4 rings (SSSR count). The highest BCUT2D eigenvalue weighted by molar-refractivity contribution is 5.95. The molecule has 0 saturated heterocycles. The summed E-state index contributed by atoms with van der Waals surface area (Å²) in [6.45, 7) is 0. The minimum atomic E-state index is -0.177. The van der Waals surface area contributed by atoms with Crippen molar-refractivity contribution in [3.8, 4) is 22.9 Å². The Labute approximate surface area is 173 Å². The number of nitrogens with zero attached hydrogens (tertiary/aromatic N) is 2. The third-order valence-electron chi connectivity index (χ3n) is 4.75. The molecule has 0 bridgehead atoms. The first-order valence-electron chi connectivity index (χ1n) is 9.50. The molecule has 3 aromatic carbocycles. The summed E-state index contributed by atoms with van der Waals surface area (Å²) >= 11 is 0. The fourth-order valence-corrected chi connectivity index (χ4v) is 3.22. The lowest BCUT2D eigenvalue weighted by Gasteiger charge is -2.11. The molecule has 0 spiro atoms. The molecule has 1 amide bonds. The molecular weight excluding hydrogens is 382 g/mol. The SMILES string of the molecule is COc1ccc(NC(=O)CCc2nc(-c3cccc4ccccc34)no2)c(OC)c1. The zero-order valence-corrected chi connectivity index (χ0v) is 16.7. The molecule has 0 unspecified atom stereocenters. The molecule has 0 radical (unpaired) electrons. The number of anilines is 1. The third-order valence-corrected chi connectivity index (χ3v) is 4.75. The Bertz CT molecular complexity index is 1180. The quantitative estimate of drug-likeness (QED) is 0.490. The summed E-state index contributed by atoms with van der Waals surface area (Å²) in [4.78, 5) is 16.8. The molecule has 4 aromatic rings. The number of rotatable bonds is 7. The number of carbonyl (C=O) groups excluding carboxylic acids is 1. The van der Waals surface area contributed by atoms with Crippen LogP contribution >= 0.6 is 0 Å². The Morgan fingerprint density at radius 1 is 1.03 bits per heavy atom. The van der Waals surface area contributed by atoms with E-state index in [1.807, 2.05) is 42.5 Å². The van der Waals surface area contributed by atoms with Crippen LogP contribution in [0.3, 0.4) is 0 Å². The molecule has 152 valence electrons. The summed E-state index contributed by atoms with van der Waals surface area (Å²) in [6, 6.07) is 19.2. The summed E-state index contributed by atoms with van der Waals surface area (Å²) in [5.41, 5.74) is 1.47. The van der Waals surface area contributed by atoms with E-state index >= 15 is 0 Å². The number of fused-ring (bicyclic) bond motifs is 1. The molecule has 0 saturated carbocycles. The average molecular weight is 403 g/mol. The van der Waals surface area contributed by atoms with Crippen LogP contribution in [-0.4, -0.2) is 30.3 Å². The van der Waals surface area contributed by atoms with Crippen LogP contribution < -0.4 is 14.8 Å². The van der Waals surface area contributed by atoms with Crippen LogP contribution in [0.25, 0.3) is 22.2 Å². The number of hydrogen-bond donors (Lipinski definition) is 1. The summed E-state index contributed by atoms with van der Waals surface area (Å²) < 4.78 is 15.8. The van der Waals surface area contributed by atoms with Crippen molar-refractivity contribution < 1.29 is 18.8 Å². The van der Waals surface area contributed by atoms with Crippen molar-refractivity contribution in [1.29, 1.82) is 0 Å². The Kier molecular flexibility index (Phi) is 5.61. The molecular formula is C23H21N3O4. The molecule has 0 aliphatic heterocycles. The Balaban J connectivity index is 1.43. The van der Waals surface area contributed by atoms with E-state index in [2.05, 4.69) is 15.5 Å². The number of hydrogen-bond acceptors (Lipinski definition) is 6. The number of ether oxygens (including phenoxy) is 2. The fourth-order valence-electron chi connectivity index (χ4n) is 3.22. The van der Waals surface area contributed by atoms with Crippen molar-refractivity contribution in [2.24, 2.45) is 0 Å². The van der Waals surface area contributed by atoms with Gasteiger partial charge in [-0.2, -0.15) is 4.98 Å². The van der Waals surface area contributed by atoms with E-state index in [0.29, 0.717) is 35.3 Å². The van der Waals surface area contributed by atoms with Gasteiger partial charge in [0.25, 0.3) is 0 Å². The van der Waals surface area contributed by atoms with E-state index in [0.717, 1.165) is 16.3 Å². The first kappa shape index (κ1) is 19.4. The zero-order valence-electron chi connectivity index (χ0n) is 16.7. The molecule has 0 aliphatic rings. The predicted molar refractivity (Wildman–Crippen MR) is 114 cm³/mol. The van der Waals surface area contributed by atoms with Crippen LogP contribution in [-0.2, 0) is 11.2 Å². The summed E-state index contributed by atoms with van der Waals surface area (Å²) in [5, 5.41) is 9.09. The van der Waals surface area contributed by atoms with Gasteiger partial charge in [0.15, 0.2) is 0 Å². The predicted octanol–water partition coefficient (Wildman–Crippen LogP) is 4.48. The van der Waals surface area contributed by atoms with Gasteiger partial charge >= 0.3 is 0 Å². The summed E-state index contributed by atoms with van der Waals surface area (Å²) in [5.74, 6) is 1.92. The second-order valence-corrected chi connectivity index (χ2v) is 6.65. The lowest BCUT2D eigenvalue weighted by Crippen LogP contribution is -2.13. The highest BCUT2D eigenvalue weighted by Gasteiger charge is 2.14. The van der Waals surface area contributed by atoms with Gasteiger partial charge in [-0.3, -0.25) is 4.79 Å². The molecule has 30 heavy (non-hydrogen) atoms. The molecule has 0 atom stereocenters. The van der Waals surface area contributed by atoms with Crippen molar-refractivity contribution in [1.82, 2.24) is 10.1 Å². The van der Waals surface area contributed by atoms with E-state index in [1.165, 1.54) is 7.11 Å². The summed E-state index contributed by atoms with van der Waals surface area (Å²) in [6.07, 6.45) is 0.536. The molecule has 1 N–H and O–H groups in total. The number of carbonyl (C=O) groups is 1. The van der Waals surface area contributed by atoms with Crippen LogP contribution in [0.2, 0.25) is 0 Å². The van der Waals surface area contributed by atoms with Gasteiger partial charge in [0.2, 0.25) is 17.6 Å². The molecule has 1 heterocycles. The zero-order chi connectivity index (χ0) is 20.9. The maximum atomic E-state index is 12.4. The Hall–Kier alpha value is -3.87. The van der Waals surface area contributed by atoms with Crippen LogP contribution in [0.4, 0.5) is 5.69 Å². The van der Waals surface area contributed by atoms with Crippen LogP contribution in [0, 0.1) is 0 Å². The molecule has 0 fully saturated rings. The van der Waals surface area contributed by atoms with Gasteiger partial charge in [0.1, 0.15) is 11.5 Å². The minimum Gasteiger partial charge on any atom is -0.497 e. The van der Waals surface area contributed by atoms with Gasteiger partial charge in [-0.25, -0.2) is 0 Å². The molecule has 1 aromatic heterocycles. The van der Waals surface area contributed by atoms with Gasteiger partial charge in [-0.05, 0) is 22.9 Å². The van der Waals surface area contributed by atoms with Gasteiger partial charge in [-0.1, -0.05) is 47.6 Å². The monoisotopic (exact) mass is 403 g/mol. The maximum absolute atomic E-state index is 12.4. The highest BCUT2D eigenvalue weighted by atomic mass is 16.5. The Morgan fingerprint density at radius 3 is 2.70 bits per heavy atom. The van der Waals surface area contributed by atoms with Crippen molar-refractivity contribution >= 4 is 22.4 Å². The van der Waals surface area contributed by atoms with Gasteiger partial charge in [0, 0.05) is 24.5 Å². The lowest BCUT2D eigenvalue weighted by molar-refractivity contribution is -0.116. The van der Waals surface area contributed by atoms with E-state index in [9.17, 15) is 4.79 Å². The van der Waals surface area contributed by atoms with Crippen molar-refractivity contribution in [3.05, 3.63) is 66.6 Å². The van der Waals surface area contributed by atoms with E-state index in [4.69, 9.17) is 14.0 Å². The van der Waals surface area contributed by atoms with E-state index in [-0.39, 0.29) is 12.3 Å². The normalized spacial score (nSPS) is 10.7. The fraction of sp³-hybridized carbons (Fsp3) is 0.174. The number of benzene rings is 3. The van der Waals surface area contributed by atoms with Crippen LogP contribution in [0.1, 0.15) is 12.3 Å². The van der Waals surface area contributed by atoms with E-state index < -0.39 is 0 Å². The standard InChI is InChI=1S/C23H21N3O4/c1-28-16-10-11-19(20(14-16)29-2)24-21(27)12-13-22-25-23(26-30-22)18-9-5-7-15-6-3-4-8-17(15)18/h3-11,14H,12-13H2,1-2H3,(H,24,27). The summed E-state index contributed by atoms with van der Waals surface area (Å²) in [7, 11) is 3.11. The Morgan fingerprint density at radius 2 is 1.87 bits per heavy atom. The topological polar surface area (TPSA) is 86.5 Å². The number of aromatic nitrogens is 2.